The van der Waals surface area contributed by atoms with Crippen molar-refractivity contribution in [2.24, 2.45) is 0 Å². The molecule has 2 aromatic carbocycles. The summed E-state index contributed by atoms with van der Waals surface area (Å²) in [6.45, 7) is 3.85. The Kier molecular flexibility index (Phi) is 7.47. The number of pyridine rings is 1. The van der Waals surface area contributed by atoms with Crippen molar-refractivity contribution in [3.8, 4) is 0 Å². The van der Waals surface area contributed by atoms with E-state index < -0.39 is 28.5 Å². The zero-order valence-corrected chi connectivity index (χ0v) is 20.7. The van der Waals surface area contributed by atoms with E-state index in [0.717, 1.165) is 47.8 Å². The number of amides is 1. The Morgan fingerprint density at radius 1 is 1.00 bits per heavy atom. The molecule has 0 fully saturated rings. The summed E-state index contributed by atoms with van der Waals surface area (Å²) in [6.07, 6.45) is 3.59. The Bertz CT molecular complexity index is 1350. The molecule has 1 amide bonds. The van der Waals surface area contributed by atoms with Gasteiger partial charge in [0, 0.05) is 29.9 Å². The van der Waals surface area contributed by atoms with E-state index in [1.807, 2.05) is 24.3 Å². The maximum Gasteiger partial charge on any atom is 0.339 e. The number of nitrogens with one attached hydrogen (secondary N) is 1. The van der Waals surface area contributed by atoms with Crippen LogP contribution in [0.2, 0.25) is 0 Å². The van der Waals surface area contributed by atoms with Gasteiger partial charge >= 0.3 is 5.97 Å². The molecule has 0 spiro atoms. The van der Waals surface area contributed by atoms with Gasteiger partial charge in [0.05, 0.1) is 16.0 Å². The number of hydrogen-bond acceptors (Lipinski definition) is 6. The molecule has 0 radical (unpaired) electrons. The fourth-order valence-electron chi connectivity index (χ4n) is 4.43. The van der Waals surface area contributed by atoms with Gasteiger partial charge in [0.2, 0.25) is 10.0 Å². The number of nitrogens with zero attached hydrogens (tertiary/aromatic N) is 2. The zero-order valence-electron chi connectivity index (χ0n) is 19.9. The molecule has 0 unspecified atom stereocenters. The topological polar surface area (TPSA) is 106 Å². The molecule has 1 aliphatic carbocycles. The summed E-state index contributed by atoms with van der Waals surface area (Å²) in [5, 5.41) is 3.37. The molecule has 1 aromatic heterocycles. The van der Waals surface area contributed by atoms with Gasteiger partial charge in [0.1, 0.15) is 0 Å². The lowest BCUT2D eigenvalue weighted by molar-refractivity contribution is -0.119. The summed E-state index contributed by atoms with van der Waals surface area (Å²) in [5.74, 6) is -1.05. The summed E-state index contributed by atoms with van der Waals surface area (Å²) >= 11 is 0. The number of anilines is 1. The Morgan fingerprint density at radius 2 is 1.69 bits per heavy atom. The van der Waals surface area contributed by atoms with Crippen LogP contribution in [-0.2, 0) is 32.4 Å². The summed E-state index contributed by atoms with van der Waals surface area (Å²) in [7, 11) is -3.58. The lowest BCUT2D eigenvalue weighted by atomic mass is 9.90. The van der Waals surface area contributed by atoms with Gasteiger partial charge in [-0.05, 0) is 61.6 Å². The Balaban J connectivity index is 1.45. The number of para-hydroxylation sites is 1. The van der Waals surface area contributed by atoms with Crippen LogP contribution in [0.1, 0.15) is 48.3 Å². The average molecular weight is 496 g/mol. The van der Waals surface area contributed by atoms with Crippen molar-refractivity contribution in [2.45, 2.75) is 44.4 Å². The van der Waals surface area contributed by atoms with Gasteiger partial charge in [0.15, 0.2) is 6.61 Å². The van der Waals surface area contributed by atoms with Crippen molar-refractivity contribution < 1.29 is 22.7 Å². The fourth-order valence-corrected chi connectivity index (χ4v) is 5.89. The molecular weight excluding hydrogens is 466 g/mol. The van der Waals surface area contributed by atoms with E-state index >= 15 is 0 Å². The highest BCUT2D eigenvalue weighted by molar-refractivity contribution is 7.89. The normalized spacial score (nSPS) is 13.5. The molecule has 184 valence electrons. The second-order valence-electron chi connectivity index (χ2n) is 8.37. The summed E-state index contributed by atoms with van der Waals surface area (Å²) in [4.78, 5) is 30.4. The van der Waals surface area contributed by atoms with Gasteiger partial charge in [-0.25, -0.2) is 13.2 Å². The van der Waals surface area contributed by atoms with Gasteiger partial charge in [-0.3, -0.25) is 9.78 Å². The molecular formula is C26H29N3O5S. The monoisotopic (exact) mass is 495 g/mol. The van der Waals surface area contributed by atoms with Crippen LogP contribution >= 0.6 is 0 Å². The Labute approximate surface area is 205 Å². The summed E-state index contributed by atoms with van der Waals surface area (Å²) in [5.41, 5.74) is 3.47. The zero-order chi connectivity index (χ0) is 25.0. The number of fused-ring (bicyclic) bond motifs is 2. The lowest BCUT2D eigenvalue weighted by Crippen LogP contribution is -2.30. The van der Waals surface area contributed by atoms with Gasteiger partial charge < -0.3 is 10.1 Å². The molecule has 1 aliphatic rings. The number of esters is 1. The molecule has 3 aromatic rings. The van der Waals surface area contributed by atoms with Crippen molar-refractivity contribution >= 4 is 38.5 Å². The number of aromatic nitrogens is 1. The number of rotatable bonds is 8. The van der Waals surface area contributed by atoms with Crippen molar-refractivity contribution in [3.05, 3.63) is 65.4 Å². The molecule has 0 atom stereocenters. The van der Waals surface area contributed by atoms with E-state index in [9.17, 15) is 18.0 Å². The number of aryl methyl sites for hydroxylation is 1. The third-order valence-electron chi connectivity index (χ3n) is 6.19. The van der Waals surface area contributed by atoms with E-state index in [-0.39, 0.29) is 4.90 Å². The van der Waals surface area contributed by atoms with Crippen molar-refractivity contribution in [3.63, 3.8) is 0 Å². The SMILES string of the molecule is CCN(CC)S(=O)(=O)c1ccc(NC(=O)COC(=O)c2c3c(nc4ccccc24)CCCC3)cc1. The van der Waals surface area contributed by atoms with Crippen LogP contribution in [0, 0.1) is 0 Å². The number of carbonyl (C=O) groups excluding carboxylic acids is 2. The van der Waals surface area contributed by atoms with E-state index in [0.29, 0.717) is 24.3 Å². The molecule has 1 N–H and O–H groups in total. The summed E-state index contributed by atoms with van der Waals surface area (Å²) in [6, 6.07) is 13.4. The molecule has 4 rings (SSSR count). The number of sulfonamides is 1. The van der Waals surface area contributed by atoms with Crippen molar-refractivity contribution in [2.75, 3.05) is 25.0 Å². The van der Waals surface area contributed by atoms with E-state index in [1.165, 1.54) is 28.6 Å². The van der Waals surface area contributed by atoms with Crippen LogP contribution in [-0.4, -0.2) is 49.3 Å². The maximum absolute atomic E-state index is 13.1. The van der Waals surface area contributed by atoms with Crippen LogP contribution < -0.4 is 5.32 Å². The third kappa shape index (κ3) is 5.21. The largest absolute Gasteiger partial charge is 0.452 e. The molecule has 35 heavy (non-hydrogen) atoms. The molecule has 0 aliphatic heterocycles. The average Bonchev–Trinajstić information content (AvgIpc) is 2.86. The minimum Gasteiger partial charge on any atom is -0.452 e. The Morgan fingerprint density at radius 3 is 2.40 bits per heavy atom. The van der Waals surface area contributed by atoms with Crippen molar-refractivity contribution in [1.29, 1.82) is 0 Å². The van der Waals surface area contributed by atoms with Crippen LogP contribution in [0.4, 0.5) is 5.69 Å². The third-order valence-corrected chi connectivity index (χ3v) is 8.25. The molecule has 0 saturated carbocycles. The predicted octanol–water partition coefficient (Wildman–Crippen LogP) is 3.94. The maximum atomic E-state index is 13.1. The molecule has 0 saturated heterocycles. The van der Waals surface area contributed by atoms with Gasteiger partial charge in [-0.1, -0.05) is 32.0 Å². The van der Waals surface area contributed by atoms with Crippen LogP contribution in [0.3, 0.4) is 0 Å². The minimum atomic E-state index is -3.58. The van der Waals surface area contributed by atoms with E-state index in [4.69, 9.17) is 9.72 Å². The molecule has 0 bridgehead atoms. The van der Waals surface area contributed by atoms with Crippen molar-refractivity contribution in [1.82, 2.24) is 9.29 Å². The second-order valence-corrected chi connectivity index (χ2v) is 10.3. The van der Waals surface area contributed by atoms with Gasteiger partial charge in [0.25, 0.3) is 5.91 Å². The first-order valence-corrected chi connectivity index (χ1v) is 13.3. The lowest BCUT2D eigenvalue weighted by Gasteiger charge is -2.20. The van der Waals surface area contributed by atoms with Crippen LogP contribution in [0.5, 0.6) is 0 Å². The highest BCUT2D eigenvalue weighted by atomic mass is 32.2. The van der Waals surface area contributed by atoms with Gasteiger partial charge in [-0.15, -0.1) is 0 Å². The second kappa shape index (κ2) is 10.5. The van der Waals surface area contributed by atoms with Crippen LogP contribution in [0.25, 0.3) is 10.9 Å². The molecule has 9 heteroatoms. The fraction of sp³-hybridized carbons (Fsp3) is 0.346. The smallest absolute Gasteiger partial charge is 0.339 e. The predicted molar refractivity (Wildman–Crippen MR) is 134 cm³/mol. The molecule has 8 nitrogen and oxygen atoms in total. The quantitative estimate of drug-likeness (QED) is 0.475. The van der Waals surface area contributed by atoms with E-state index in [2.05, 4.69) is 5.32 Å². The first kappa shape index (κ1) is 24.8. The number of carbonyl (C=O) groups is 2. The molecule has 1 heterocycles. The van der Waals surface area contributed by atoms with E-state index in [1.54, 1.807) is 13.8 Å². The number of hydrogen-bond donors (Lipinski definition) is 1. The first-order valence-electron chi connectivity index (χ1n) is 11.8. The van der Waals surface area contributed by atoms with Crippen LogP contribution in [0.15, 0.2) is 53.4 Å². The standard InChI is InChI=1S/C26H29N3O5S/c1-3-29(4-2)35(32,33)19-15-13-18(14-16-19)27-24(30)17-34-26(31)25-20-9-5-7-11-22(20)28-23-12-8-6-10-21(23)25/h5,7,9,11,13-16H,3-4,6,8,10,12,17H2,1-2H3,(H,27,30). The summed E-state index contributed by atoms with van der Waals surface area (Å²) < 4.78 is 32.0. The first-order chi connectivity index (χ1) is 16.8. The minimum absolute atomic E-state index is 0.153. The number of ether oxygens (including phenoxy) is 1. The Hall–Kier alpha value is -3.30. The number of benzene rings is 2. The highest BCUT2D eigenvalue weighted by Gasteiger charge is 2.24. The highest BCUT2D eigenvalue weighted by Crippen LogP contribution is 2.29. The van der Waals surface area contributed by atoms with Gasteiger partial charge in [-0.2, -0.15) is 4.31 Å².